The van der Waals surface area contributed by atoms with Gasteiger partial charge >= 0.3 is 6.61 Å². The van der Waals surface area contributed by atoms with Crippen LogP contribution >= 0.6 is 0 Å². The number of ether oxygens (including phenoxy) is 1. The number of carbonyl (C=O) groups excluding carboxylic acids is 1. The lowest BCUT2D eigenvalue weighted by Gasteiger charge is -2.22. The highest BCUT2D eigenvalue weighted by atomic mass is 19.3. The largest absolute Gasteiger partial charge is 0.508 e. The highest BCUT2D eigenvalue weighted by Crippen LogP contribution is 2.22. The number of furan rings is 1. The molecule has 3 aromatic rings. The number of benzene rings is 2. The quantitative estimate of drug-likeness (QED) is 0.666. The molecular formula is C20H17F2NO4. The van der Waals surface area contributed by atoms with Gasteiger partial charge in [-0.1, -0.05) is 18.2 Å². The number of carbonyl (C=O) groups is 1. The zero-order valence-electron chi connectivity index (χ0n) is 14.2. The van der Waals surface area contributed by atoms with E-state index < -0.39 is 6.61 Å². The van der Waals surface area contributed by atoms with E-state index >= 15 is 0 Å². The number of rotatable bonds is 7. The Morgan fingerprint density at radius 3 is 2.41 bits per heavy atom. The van der Waals surface area contributed by atoms with Crippen molar-refractivity contribution in [1.29, 1.82) is 0 Å². The fourth-order valence-corrected chi connectivity index (χ4v) is 2.60. The number of hydrogen-bond acceptors (Lipinski definition) is 4. The van der Waals surface area contributed by atoms with Crippen molar-refractivity contribution in [3.63, 3.8) is 0 Å². The summed E-state index contributed by atoms with van der Waals surface area (Å²) in [7, 11) is 0. The standard InChI is InChI=1S/C20H17F2NO4/c21-20(22)27-16-9-7-14(8-10-16)19(25)23(13-17-5-3-11-26-17)12-15-4-1-2-6-18(15)24/h1-11,20,24H,12-13H2. The third-order valence-electron chi connectivity index (χ3n) is 3.89. The lowest BCUT2D eigenvalue weighted by atomic mass is 10.1. The van der Waals surface area contributed by atoms with E-state index in [0.29, 0.717) is 16.9 Å². The van der Waals surface area contributed by atoms with Crippen LogP contribution < -0.4 is 4.74 Å². The number of phenolic OH excluding ortho intramolecular Hbond substituents is 1. The first-order valence-corrected chi connectivity index (χ1v) is 8.16. The van der Waals surface area contributed by atoms with Gasteiger partial charge in [-0.15, -0.1) is 0 Å². The van der Waals surface area contributed by atoms with Gasteiger partial charge < -0.3 is 19.2 Å². The monoisotopic (exact) mass is 373 g/mol. The Morgan fingerprint density at radius 1 is 1.04 bits per heavy atom. The van der Waals surface area contributed by atoms with Crippen molar-refractivity contribution in [1.82, 2.24) is 4.90 Å². The van der Waals surface area contributed by atoms with Crippen molar-refractivity contribution in [2.24, 2.45) is 0 Å². The van der Waals surface area contributed by atoms with Crippen LogP contribution in [0.1, 0.15) is 21.7 Å². The molecule has 1 amide bonds. The minimum Gasteiger partial charge on any atom is -0.508 e. The normalized spacial score (nSPS) is 10.8. The molecule has 0 saturated heterocycles. The number of nitrogens with zero attached hydrogens (tertiary/aromatic N) is 1. The van der Waals surface area contributed by atoms with Crippen molar-refractivity contribution in [3.05, 3.63) is 83.8 Å². The van der Waals surface area contributed by atoms with Crippen LogP contribution in [-0.2, 0) is 13.1 Å². The highest BCUT2D eigenvalue weighted by molar-refractivity contribution is 5.94. The zero-order chi connectivity index (χ0) is 19.2. The second kappa shape index (κ2) is 8.35. The van der Waals surface area contributed by atoms with Gasteiger partial charge in [0.05, 0.1) is 19.4 Å². The Hall–Kier alpha value is -3.35. The van der Waals surface area contributed by atoms with Crippen molar-refractivity contribution in [2.75, 3.05) is 0 Å². The third-order valence-corrected chi connectivity index (χ3v) is 3.89. The van der Waals surface area contributed by atoms with Crippen LogP contribution in [0.5, 0.6) is 11.5 Å². The molecule has 0 spiro atoms. The maximum Gasteiger partial charge on any atom is 0.387 e. The summed E-state index contributed by atoms with van der Waals surface area (Å²) in [5.74, 6) is 0.296. The minimum atomic E-state index is -2.93. The second-order valence-electron chi connectivity index (χ2n) is 5.77. The minimum absolute atomic E-state index is 0.0279. The van der Waals surface area contributed by atoms with Gasteiger partial charge in [0, 0.05) is 11.1 Å². The summed E-state index contributed by atoms with van der Waals surface area (Å²) in [6.45, 7) is -2.58. The predicted molar refractivity (Wildman–Crippen MR) is 93.5 cm³/mol. The van der Waals surface area contributed by atoms with Crippen LogP contribution in [0.3, 0.4) is 0 Å². The molecule has 140 valence electrons. The van der Waals surface area contributed by atoms with Gasteiger partial charge in [0.1, 0.15) is 17.3 Å². The maximum atomic E-state index is 12.9. The molecule has 0 radical (unpaired) electrons. The lowest BCUT2D eigenvalue weighted by molar-refractivity contribution is -0.0498. The summed E-state index contributed by atoms with van der Waals surface area (Å²) >= 11 is 0. The van der Waals surface area contributed by atoms with Crippen molar-refractivity contribution in [2.45, 2.75) is 19.7 Å². The molecule has 0 bridgehead atoms. The number of aromatic hydroxyl groups is 1. The number of para-hydroxylation sites is 1. The first-order chi connectivity index (χ1) is 13.0. The summed E-state index contributed by atoms with van der Waals surface area (Å²) in [6, 6.07) is 15.6. The molecule has 7 heteroatoms. The van der Waals surface area contributed by atoms with E-state index in [0.717, 1.165) is 0 Å². The Bertz CT molecular complexity index is 879. The number of halogens is 2. The third kappa shape index (κ3) is 4.84. The van der Waals surface area contributed by atoms with E-state index in [9.17, 15) is 18.7 Å². The Morgan fingerprint density at radius 2 is 1.78 bits per heavy atom. The van der Waals surface area contributed by atoms with E-state index in [-0.39, 0.29) is 30.5 Å². The van der Waals surface area contributed by atoms with Crippen LogP contribution in [0.25, 0.3) is 0 Å². The van der Waals surface area contributed by atoms with Gasteiger partial charge in [0.15, 0.2) is 0 Å². The molecular weight excluding hydrogens is 356 g/mol. The van der Waals surface area contributed by atoms with Crippen molar-refractivity contribution < 1.29 is 27.8 Å². The van der Waals surface area contributed by atoms with Crippen LogP contribution in [0.2, 0.25) is 0 Å². The summed E-state index contributed by atoms with van der Waals surface area (Å²) in [5, 5.41) is 10.0. The van der Waals surface area contributed by atoms with Crippen LogP contribution in [0, 0.1) is 0 Å². The Balaban J connectivity index is 1.82. The molecule has 2 aromatic carbocycles. The molecule has 3 rings (SSSR count). The topological polar surface area (TPSA) is 62.9 Å². The molecule has 0 aliphatic carbocycles. The predicted octanol–water partition coefficient (Wildman–Crippen LogP) is 4.43. The maximum absolute atomic E-state index is 12.9. The molecule has 27 heavy (non-hydrogen) atoms. The summed E-state index contributed by atoms with van der Waals surface area (Å²) in [6.07, 6.45) is 1.51. The fourth-order valence-electron chi connectivity index (χ4n) is 2.60. The molecule has 1 aromatic heterocycles. The SMILES string of the molecule is O=C(c1ccc(OC(F)F)cc1)N(Cc1ccco1)Cc1ccccc1O. The zero-order valence-corrected chi connectivity index (χ0v) is 14.2. The Labute approximate surface area is 154 Å². The number of hydrogen-bond donors (Lipinski definition) is 1. The smallest absolute Gasteiger partial charge is 0.387 e. The van der Waals surface area contributed by atoms with Crippen LogP contribution in [0.4, 0.5) is 8.78 Å². The van der Waals surface area contributed by atoms with Crippen molar-refractivity contribution >= 4 is 5.91 Å². The second-order valence-corrected chi connectivity index (χ2v) is 5.77. The Kier molecular flexibility index (Phi) is 5.71. The molecule has 1 N–H and O–H groups in total. The van der Waals surface area contributed by atoms with E-state index in [1.54, 1.807) is 36.4 Å². The van der Waals surface area contributed by atoms with Crippen molar-refractivity contribution in [3.8, 4) is 11.5 Å². The molecule has 0 unspecified atom stereocenters. The van der Waals surface area contributed by atoms with Gasteiger partial charge in [-0.2, -0.15) is 8.78 Å². The summed E-state index contributed by atoms with van der Waals surface area (Å²) < 4.78 is 34.2. The van der Waals surface area contributed by atoms with Gasteiger partial charge in [0.2, 0.25) is 0 Å². The van der Waals surface area contributed by atoms with Crippen LogP contribution in [0.15, 0.2) is 71.3 Å². The highest BCUT2D eigenvalue weighted by Gasteiger charge is 2.19. The lowest BCUT2D eigenvalue weighted by Crippen LogP contribution is -2.30. The van der Waals surface area contributed by atoms with Gasteiger partial charge in [-0.25, -0.2) is 0 Å². The molecule has 0 aliphatic heterocycles. The first kappa shape index (κ1) is 18.4. The van der Waals surface area contributed by atoms with Gasteiger partial charge in [0.25, 0.3) is 5.91 Å². The number of amides is 1. The molecule has 1 heterocycles. The first-order valence-electron chi connectivity index (χ1n) is 8.16. The summed E-state index contributed by atoms with van der Waals surface area (Å²) in [4.78, 5) is 14.4. The number of phenols is 1. The number of alkyl halides is 2. The average molecular weight is 373 g/mol. The van der Waals surface area contributed by atoms with Gasteiger partial charge in [-0.3, -0.25) is 4.79 Å². The molecule has 0 saturated carbocycles. The van der Waals surface area contributed by atoms with Gasteiger partial charge in [-0.05, 0) is 42.5 Å². The van der Waals surface area contributed by atoms with E-state index in [1.807, 2.05) is 0 Å². The molecule has 0 fully saturated rings. The molecule has 0 atom stereocenters. The molecule has 5 nitrogen and oxygen atoms in total. The molecule has 0 aliphatic rings. The van der Waals surface area contributed by atoms with E-state index in [1.165, 1.54) is 35.4 Å². The summed E-state index contributed by atoms with van der Waals surface area (Å²) in [5.41, 5.74) is 0.883. The van der Waals surface area contributed by atoms with E-state index in [2.05, 4.69) is 4.74 Å². The van der Waals surface area contributed by atoms with Crippen LogP contribution in [-0.4, -0.2) is 22.5 Å². The average Bonchev–Trinajstić information content (AvgIpc) is 3.16. The fraction of sp³-hybridized carbons (Fsp3) is 0.150. The van der Waals surface area contributed by atoms with E-state index in [4.69, 9.17) is 4.42 Å².